The number of fused-ring (bicyclic) bond motifs is 1. The molecule has 0 spiro atoms. The van der Waals surface area contributed by atoms with Crippen molar-refractivity contribution in [3.8, 4) is 0 Å². The van der Waals surface area contributed by atoms with E-state index in [0.717, 1.165) is 36.3 Å². The lowest BCUT2D eigenvalue weighted by molar-refractivity contribution is 0.0613. The van der Waals surface area contributed by atoms with E-state index >= 15 is 0 Å². The van der Waals surface area contributed by atoms with Crippen LogP contribution in [0.3, 0.4) is 0 Å². The van der Waals surface area contributed by atoms with Gasteiger partial charge >= 0.3 is 0 Å². The Morgan fingerprint density at radius 3 is 2.67 bits per heavy atom. The maximum absolute atomic E-state index is 10.2. The van der Waals surface area contributed by atoms with Crippen LogP contribution in [0.5, 0.6) is 0 Å². The quantitative estimate of drug-likeness (QED) is 0.498. The van der Waals surface area contributed by atoms with Crippen LogP contribution in [0.15, 0.2) is 34.9 Å². The van der Waals surface area contributed by atoms with Crippen LogP contribution < -0.4 is 0 Å². The molecule has 3 aliphatic rings. The Kier molecular flexibility index (Phi) is 7.37. The topological polar surface area (TPSA) is 60.7 Å². The van der Waals surface area contributed by atoms with Crippen LogP contribution in [0.1, 0.15) is 92.4 Å². The van der Waals surface area contributed by atoms with Crippen LogP contribution in [0.4, 0.5) is 0 Å². The van der Waals surface area contributed by atoms with Crippen molar-refractivity contribution in [2.45, 2.75) is 110 Å². The molecule has 0 aromatic heterocycles. The van der Waals surface area contributed by atoms with E-state index in [1.165, 1.54) is 31.3 Å². The monoisotopic (exact) mass is 416 g/mol. The first-order valence-corrected chi connectivity index (χ1v) is 12.2. The minimum absolute atomic E-state index is 0.359. The lowest BCUT2D eigenvalue weighted by atomic mass is 9.62. The molecular weight excluding hydrogens is 372 g/mol. The summed E-state index contributed by atoms with van der Waals surface area (Å²) in [4.78, 5) is 0. The molecule has 0 aliphatic heterocycles. The number of hydrogen-bond donors (Lipinski definition) is 3. The lowest BCUT2D eigenvalue weighted by Gasteiger charge is -2.43. The minimum atomic E-state index is -0.555. The maximum Gasteiger partial charge on any atom is 0.0777 e. The summed E-state index contributed by atoms with van der Waals surface area (Å²) in [5.74, 6) is 2.06. The van der Waals surface area contributed by atoms with Crippen molar-refractivity contribution in [2.24, 2.45) is 23.2 Å². The molecule has 1 saturated carbocycles. The molecule has 3 aliphatic carbocycles. The highest BCUT2D eigenvalue weighted by atomic mass is 16.3. The van der Waals surface area contributed by atoms with Crippen molar-refractivity contribution in [3.63, 3.8) is 0 Å². The number of aliphatic hydroxyl groups is 3. The predicted octanol–water partition coefficient (Wildman–Crippen LogP) is 5.70. The van der Waals surface area contributed by atoms with Crippen LogP contribution >= 0.6 is 0 Å². The zero-order valence-electron chi connectivity index (χ0n) is 19.8. The van der Waals surface area contributed by atoms with Crippen molar-refractivity contribution in [2.75, 3.05) is 0 Å². The molecule has 0 radical (unpaired) electrons. The van der Waals surface area contributed by atoms with E-state index in [4.69, 9.17) is 0 Å². The van der Waals surface area contributed by atoms with Gasteiger partial charge in [-0.1, -0.05) is 44.9 Å². The second-order valence-corrected chi connectivity index (χ2v) is 11.3. The van der Waals surface area contributed by atoms with E-state index in [2.05, 4.69) is 32.1 Å². The Labute approximate surface area is 184 Å². The first-order valence-electron chi connectivity index (χ1n) is 12.2. The van der Waals surface area contributed by atoms with Gasteiger partial charge in [-0.2, -0.15) is 0 Å². The van der Waals surface area contributed by atoms with Crippen LogP contribution in [-0.4, -0.2) is 33.1 Å². The van der Waals surface area contributed by atoms with Gasteiger partial charge in [0.05, 0.1) is 17.8 Å². The summed E-state index contributed by atoms with van der Waals surface area (Å²) in [5, 5.41) is 30.3. The molecule has 0 saturated heterocycles. The molecule has 3 heteroatoms. The van der Waals surface area contributed by atoms with Gasteiger partial charge in [0.2, 0.25) is 0 Å². The highest BCUT2D eigenvalue weighted by molar-refractivity contribution is 5.37. The second-order valence-electron chi connectivity index (χ2n) is 11.3. The smallest absolute Gasteiger partial charge is 0.0777 e. The van der Waals surface area contributed by atoms with E-state index in [0.29, 0.717) is 30.1 Å². The van der Waals surface area contributed by atoms with E-state index in [1.807, 2.05) is 20.8 Å². The normalized spacial score (nSPS) is 36.2. The van der Waals surface area contributed by atoms with Gasteiger partial charge in [-0.15, -0.1) is 0 Å². The molecule has 3 rings (SSSR count). The van der Waals surface area contributed by atoms with Crippen LogP contribution in [0, 0.1) is 23.2 Å². The second kappa shape index (κ2) is 9.30. The summed E-state index contributed by atoms with van der Waals surface area (Å²) in [5.41, 5.74) is 3.38. The van der Waals surface area contributed by atoms with Crippen molar-refractivity contribution in [1.29, 1.82) is 0 Å². The molecule has 0 aromatic carbocycles. The van der Waals surface area contributed by atoms with Crippen molar-refractivity contribution in [3.05, 3.63) is 34.9 Å². The average Bonchev–Trinajstić information content (AvgIpc) is 3.00. The SMILES string of the molecule is CC1=C(C=CC2=CCC[C@@]3(C)C2CC[C@@H]3C(C)CCCC(C)(C)O)C[C@@H](O)C[C@H]1O. The number of allylic oxidation sites excluding steroid dienone is 4. The fraction of sp³-hybridized carbons (Fsp3) is 0.778. The third kappa shape index (κ3) is 5.29. The Hall–Kier alpha value is -0.900. The third-order valence-corrected chi connectivity index (χ3v) is 8.44. The first-order chi connectivity index (χ1) is 14.0. The Balaban J connectivity index is 1.68. The number of rotatable bonds is 7. The summed E-state index contributed by atoms with van der Waals surface area (Å²) in [6.07, 6.45) is 15.2. The summed E-state index contributed by atoms with van der Waals surface area (Å²) in [6.45, 7) is 10.8. The van der Waals surface area contributed by atoms with Crippen molar-refractivity contribution in [1.82, 2.24) is 0 Å². The minimum Gasteiger partial charge on any atom is -0.393 e. The molecule has 1 fully saturated rings. The standard InChI is InChI=1S/C27H44O3/c1-18(8-6-14-26(3,4)30)23-12-13-24-20(9-7-15-27(23,24)5)10-11-21-16-22(28)17-25(29)19(21)2/h9-11,18,22-25,28-30H,6-8,12-17H2,1-5H3/t18?,22-,23-,24?,25-,27-/m1/s1. The molecule has 0 heterocycles. The third-order valence-electron chi connectivity index (χ3n) is 8.44. The highest BCUT2D eigenvalue weighted by Crippen LogP contribution is 2.58. The molecule has 0 amide bonds. The summed E-state index contributed by atoms with van der Waals surface area (Å²) >= 11 is 0. The van der Waals surface area contributed by atoms with E-state index in [9.17, 15) is 15.3 Å². The van der Waals surface area contributed by atoms with Gasteiger partial charge in [-0.3, -0.25) is 0 Å². The molecule has 0 aromatic rings. The molecule has 3 N–H and O–H groups in total. The zero-order chi connectivity index (χ0) is 22.1. The molecule has 2 unspecified atom stereocenters. The van der Waals surface area contributed by atoms with Gasteiger partial charge in [-0.05, 0) is 99.2 Å². The van der Waals surface area contributed by atoms with E-state index in [1.54, 1.807) is 0 Å². The Morgan fingerprint density at radius 2 is 1.97 bits per heavy atom. The fourth-order valence-electron chi connectivity index (χ4n) is 6.58. The predicted molar refractivity (Wildman–Crippen MR) is 124 cm³/mol. The van der Waals surface area contributed by atoms with Gasteiger partial charge in [-0.25, -0.2) is 0 Å². The van der Waals surface area contributed by atoms with Gasteiger partial charge in [0.25, 0.3) is 0 Å². The summed E-state index contributed by atoms with van der Waals surface area (Å²) in [7, 11) is 0. The zero-order valence-corrected chi connectivity index (χ0v) is 19.8. The average molecular weight is 417 g/mol. The van der Waals surface area contributed by atoms with Gasteiger partial charge in [0.15, 0.2) is 0 Å². The maximum atomic E-state index is 10.2. The number of hydrogen-bond acceptors (Lipinski definition) is 3. The Morgan fingerprint density at radius 1 is 1.23 bits per heavy atom. The number of aliphatic hydroxyl groups excluding tert-OH is 2. The molecular formula is C27H44O3. The highest BCUT2D eigenvalue weighted by Gasteiger charge is 2.49. The van der Waals surface area contributed by atoms with Crippen molar-refractivity contribution >= 4 is 0 Å². The molecule has 30 heavy (non-hydrogen) atoms. The van der Waals surface area contributed by atoms with E-state index < -0.39 is 17.8 Å². The molecule has 3 nitrogen and oxygen atoms in total. The fourth-order valence-corrected chi connectivity index (χ4v) is 6.58. The van der Waals surface area contributed by atoms with Crippen LogP contribution in [-0.2, 0) is 0 Å². The van der Waals surface area contributed by atoms with Gasteiger partial charge in [0.1, 0.15) is 0 Å². The first kappa shape index (κ1) is 23.8. The molecule has 0 bridgehead atoms. The molecule has 6 atom stereocenters. The van der Waals surface area contributed by atoms with E-state index in [-0.39, 0.29) is 0 Å². The summed E-state index contributed by atoms with van der Waals surface area (Å²) in [6, 6.07) is 0. The Bertz CT molecular complexity index is 695. The van der Waals surface area contributed by atoms with Crippen LogP contribution in [0.2, 0.25) is 0 Å². The van der Waals surface area contributed by atoms with Gasteiger partial charge < -0.3 is 15.3 Å². The molecule has 170 valence electrons. The van der Waals surface area contributed by atoms with Gasteiger partial charge in [0, 0.05) is 6.42 Å². The van der Waals surface area contributed by atoms with Crippen molar-refractivity contribution < 1.29 is 15.3 Å². The van der Waals surface area contributed by atoms with Crippen LogP contribution in [0.25, 0.3) is 0 Å². The summed E-state index contributed by atoms with van der Waals surface area (Å²) < 4.78 is 0. The lowest BCUT2D eigenvalue weighted by Crippen LogP contribution is -2.35. The largest absolute Gasteiger partial charge is 0.393 e.